The number of hydrogen-bond acceptors (Lipinski definition) is 6. The zero-order valence-corrected chi connectivity index (χ0v) is 14.4. The molecule has 2 heterocycles. The standard InChI is InChI=1S/C17H21N7O2/c1-19-15(26)8-14-22-16(9-6-10(18)13(25)7-9)24(23-14)17-20-11-4-2-3-5-12(11)21-17/h2-5,9-10,13,25H,6-8,18H2,1H3,(H,19,26)(H,20,21)/t9-,10-,13-/m0/s1. The Kier molecular flexibility index (Phi) is 4.17. The first kappa shape index (κ1) is 16.7. The summed E-state index contributed by atoms with van der Waals surface area (Å²) in [6, 6.07) is 7.40. The highest BCUT2D eigenvalue weighted by molar-refractivity contribution is 5.77. The number of para-hydroxylation sites is 2. The highest BCUT2D eigenvalue weighted by Gasteiger charge is 2.35. The van der Waals surface area contributed by atoms with Crippen LogP contribution in [0.1, 0.15) is 30.4 Å². The molecule has 1 aromatic carbocycles. The molecule has 9 heteroatoms. The van der Waals surface area contributed by atoms with Crippen molar-refractivity contribution in [2.75, 3.05) is 7.05 Å². The summed E-state index contributed by atoms with van der Waals surface area (Å²) >= 11 is 0. The first-order valence-corrected chi connectivity index (χ1v) is 8.60. The topological polar surface area (TPSA) is 135 Å². The second-order valence-electron chi connectivity index (χ2n) is 6.63. The number of benzene rings is 1. The monoisotopic (exact) mass is 355 g/mol. The van der Waals surface area contributed by atoms with Crippen LogP contribution in [0.2, 0.25) is 0 Å². The third kappa shape index (κ3) is 2.95. The van der Waals surface area contributed by atoms with Crippen LogP contribution in [-0.2, 0) is 11.2 Å². The number of likely N-dealkylation sites (N-methyl/N-ethyl adjacent to an activating group) is 1. The number of aromatic amines is 1. The van der Waals surface area contributed by atoms with Crippen molar-refractivity contribution in [3.8, 4) is 5.95 Å². The molecule has 0 radical (unpaired) electrons. The van der Waals surface area contributed by atoms with Gasteiger partial charge in [0.05, 0.1) is 23.6 Å². The minimum Gasteiger partial charge on any atom is -0.391 e. The SMILES string of the molecule is CNC(=O)Cc1nc([C@H]2C[C@H](N)[C@@H](O)C2)n(-c2nc3ccccc3[nH]2)n1. The molecule has 0 saturated heterocycles. The normalized spacial score (nSPS) is 22.8. The Balaban J connectivity index is 1.77. The van der Waals surface area contributed by atoms with Crippen LogP contribution in [0.3, 0.4) is 0 Å². The van der Waals surface area contributed by atoms with Gasteiger partial charge >= 0.3 is 0 Å². The number of fused-ring (bicyclic) bond motifs is 1. The lowest BCUT2D eigenvalue weighted by Crippen LogP contribution is -2.28. The number of hydrogen-bond donors (Lipinski definition) is 4. The molecule has 3 aromatic rings. The van der Waals surface area contributed by atoms with Gasteiger partial charge in [-0.3, -0.25) is 4.79 Å². The molecule has 0 spiro atoms. The number of carbonyl (C=O) groups is 1. The van der Waals surface area contributed by atoms with Gasteiger partial charge < -0.3 is 21.1 Å². The van der Waals surface area contributed by atoms with Crippen molar-refractivity contribution in [1.82, 2.24) is 30.0 Å². The van der Waals surface area contributed by atoms with E-state index in [0.717, 1.165) is 11.0 Å². The zero-order valence-electron chi connectivity index (χ0n) is 14.4. The number of carbonyl (C=O) groups excluding carboxylic acids is 1. The van der Waals surface area contributed by atoms with Crippen LogP contribution in [0.15, 0.2) is 24.3 Å². The zero-order chi connectivity index (χ0) is 18.3. The largest absolute Gasteiger partial charge is 0.391 e. The maximum atomic E-state index is 11.7. The molecule has 1 amide bonds. The third-order valence-corrected chi connectivity index (χ3v) is 4.79. The van der Waals surface area contributed by atoms with E-state index in [0.29, 0.717) is 30.4 Å². The van der Waals surface area contributed by atoms with Gasteiger partial charge in [0.2, 0.25) is 11.9 Å². The fourth-order valence-electron chi connectivity index (χ4n) is 3.39. The number of nitrogens with two attached hydrogens (primary N) is 1. The molecule has 0 bridgehead atoms. The van der Waals surface area contributed by atoms with Crippen molar-refractivity contribution >= 4 is 16.9 Å². The van der Waals surface area contributed by atoms with Crippen molar-refractivity contribution in [2.45, 2.75) is 37.3 Å². The summed E-state index contributed by atoms with van der Waals surface area (Å²) in [6.45, 7) is 0. The van der Waals surface area contributed by atoms with Crippen molar-refractivity contribution < 1.29 is 9.90 Å². The summed E-state index contributed by atoms with van der Waals surface area (Å²) in [5.41, 5.74) is 7.68. The van der Waals surface area contributed by atoms with E-state index in [1.807, 2.05) is 24.3 Å². The van der Waals surface area contributed by atoms with E-state index in [9.17, 15) is 9.90 Å². The Morgan fingerprint density at radius 3 is 2.88 bits per heavy atom. The van der Waals surface area contributed by atoms with Crippen LogP contribution < -0.4 is 11.1 Å². The van der Waals surface area contributed by atoms with E-state index in [4.69, 9.17) is 5.73 Å². The number of H-pyrrole nitrogens is 1. The van der Waals surface area contributed by atoms with Crippen molar-refractivity contribution in [3.63, 3.8) is 0 Å². The molecule has 1 aliphatic carbocycles. The molecule has 0 aliphatic heterocycles. The first-order chi connectivity index (χ1) is 12.5. The van der Waals surface area contributed by atoms with Gasteiger partial charge in [-0.1, -0.05) is 12.1 Å². The van der Waals surface area contributed by atoms with E-state index in [-0.39, 0.29) is 24.3 Å². The van der Waals surface area contributed by atoms with Crippen LogP contribution in [0.5, 0.6) is 0 Å². The summed E-state index contributed by atoms with van der Waals surface area (Å²) < 4.78 is 1.63. The number of nitrogens with zero attached hydrogens (tertiary/aromatic N) is 4. The molecule has 5 N–H and O–H groups in total. The molecule has 2 aromatic heterocycles. The van der Waals surface area contributed by atoms with Gasteiger partial charge in [-0.15, -0.1) is 5.10 Å². The third-order valence-electron chi connectivity index (χ3n) is 4.79. The second kappa shape index (κ2) is 6.50. The van der Waals surface area contributed by atoms with E-state index < -0.39 is 6.10 Å². The van der Waals surface area contributed by atoms with Crippen LogP contribution in [0.25, 0.3) is 17.0 Å². The van der Waals surface area contributed by atoms with Gasteiger partial charge in [-0.25, -0.2) is 9.97 Å². The van der Waals surface area contributed by atoms with Crippen LogP contribution in [-0.4, -0.2) is 54.9 Å². The molecule has 1 aliphatic rings. The fourth-order valence-corrected chi connectivity index (χ4v) is 3.39. The maximum absolute atomic E-state index is 11.7. The summed E-state index contributed by atoms with van der Waals surface area (Å²) in [5, 5.41) is 17.1. The smallest absolute Gasteiger partial charge is 0.230 e. The second-order valence-corrected chi connectivity index (χ2v) is 6.63. The minimum atomic E-state index is -0.566. The van der Waals surface area contributed by atoms with Gasteiger partial charge in [0, 0.05) is 19.0 Å². The van der Waals surface area contributed by atoms with Gasteiger partial charge in [-0.2, -0.15) is 4.68 Å². The lowest BCUT2D eigenvalue weighted by molar-refractivity contribution is -0.120. The van der Waals surface area contributed by atoms with Gasteiger partial charge in [0.1, 0.15) is 5.82 Å². The van der Waals surface area contributed by atoms with Crippen LogP contribution >= 0.6 is 0 Å². The van der Waals surface area contributed by atoms with Crippen LogP contribution in [0, 0.1) is 0 Å². The molecule has 4 rings (SSSR count). The highest BCUT2D eigenvalue weighted by atomic mass is 16.3. The average molecular weight is 355 g/mol. The quantitative estimate of drug-likeness (QED) is 0.520. The molecule has 9 nitrogen and oxygen atoms in total. The van der Waals surface area contributed by atoms with Crippen molar-refractivity contribution in [3.05, 3.63) is 35.9 Å². The molecular formula is C17H21N7O2. The molecule has 1 saturated carbocycles. The predicted octanol–water partition coefficient (Wildman–Crippen LogP) is -0.00230. The Hall–Kier alpha value is -2.78. The molecule has 0 unspecified atom stereocenters. The molecule has 1 fully saturated rings. The maximum Gasteiger partial charge on any atom is 0.230 e. The average Bonchev–Trinajstić information content (AvgIpc) is 3.31. The number of imidazole rings is 1. The first-order valence-electron chi connectivity index (χ1n) is 8.60. The van der Waals surface area contributed by atoms with E-state index >= 15 is 0 Å². The molecule has 3 atom stereocenters. The van der Waals surface area contributed by atoms with Gasteiger partial charge in [-0.05, 0) is 25.0 Å². The number of aliphatic hydroxyl groups is 1. The van der Waals surface area contributed by atoms with E-state index in [2.05, 4.69) is 25.4 Å². The minimum absolute atomic E-state index is 0.0425. The number of nitrogens with one attached hydrogen (secondary N) is 2. The fraction of sp³-hybridized carbons (Fsp3) is 0.412. The predicted molar refractivity (Wildman–Crippen MR) is 94.7 cm³/mol. The Labute approximate surface area is 149 Å². The number of rotatable bonds is 4. The highest BCUT2D eigenvalue weighted by Crippen LogP contribution is 2.34. The summed E-state index contributed by atoms with van der Waals surface area (Å²) in [7, 11) is 1.58. The summed E-state index contributed by atoms with van der Waals surface area (Å²) in [6.07, 6.45) is 0.639. The van der Waals surface area contributed by atoms with Gasteiger partial charge in [0.25, 0.3) is 0 Å². The van der Waals surface area contributed by atoms with Crippen molar-refractivity contribution in [1.29, 1.82) is 0 Å². The lowest BCUT2D eigenvalue weighted by atomic mass is 10.1. The van der Waals surface area contributed by atoms with Gasteiger partial charge in [0.15, 0.2) is 5.82 Å². The van der Waals surface area contributed by atoms with Crippen molar-refractivity contribution in [2.24, 2.45) is 5.73 Å². The summed E-state index contributed by atoms with van der Waals surface area (Å²) in [5.74, 6) is 1.40. The number of aliphatic hydroxyl groups excluding tert-OH is 1. The molecular weight excluding hydrogens is 334 g/mol. The molecule has 26 heavy (non-hydrogen) atoms. The molecule has 136 valence electrons. The number of amides is 1. The van der Waals surface area contributed by atoms with E-state index in [1.165, 1.54) is 0 Å². The van der Waals surface area contributed by atoms with Crippen LogP contribution in [0.4, 0.5) is 0 Å². The lowest BCUT2D eigenvalue weighted by Gasteiger charge is -2.08. The number of aromatic nitrogens is 5. The summed E-state index contributed by atoms with van der Waals surface area (Å²) in [4.78, 5) is 24.1. The van der Waals surface area contributed by atoms with E-state index in [1.54, 1.807) is 11.7 Å². The Morgan fingerprint density at radius 1 is 1.38 bits per heavy atom. The Morgan fingerprint density at radius 2 is 2.19 bits per heavy atom. The Bertz CT molecular complexity index is 905.